The number of anilines is 2. The number of fused-ring (bicyclic) bond motifs is 2. The molecule has 0 bridgehead atoms. The summed E-state index contributed by atoms with van der Waals surface area (Å²) in [5.41, 5.74) is 2.02. The van der Waals surface area contributed by atoms with Crippen LogP contribution in [0.15, 0.2) is 34.1 Å². The molecule has 1 N–H and O–H groups in total. The topological polar surface area (TPSA) is 78.1 Å². The first-order chi connectivity index (χ1) is 12.5. The molecule has 0 saturated carbocycles. The fraction of sp³-hybridized carbons (Fsp3) is 0.300. The van der Waals surface area contributed by atoms with Crippen molar-refractivity contribution in [2.45, 2.75) is 49.7 Å². The molecule has 0 saturated heterocycles. The molecule has 132 valence electrons. The van der Waals surface area contributed by atoms with E-state index in [9.17, 15) is 10.5 Å². The number of hydrogen-bond acceptors (Lipinski definition) is 6. The molecule has 2 aromatic rings. The van der Waals surface area contributed by atoms with E-state index >= 15 is 0 Å². The number of nitrogens with zero attached hydrogens (tertiary/aromatic N) is 2. The van der Waals surface area contributed by atoms with Gasteiger partial charge in [-0.25, -0.2) is 0 Å². The molecular weight excluding hydrogens is 346 g/mol. The van der Waals surface area contributed by atoms with Gasteiger partial charge in [0.25, 0.3) is 0 Å². The minimum absolute atomic E-state index is 0.132. The molecule has 3 rings (SSSR count). The molecule has 5 nitrogen and oxygen atoms in total. The SMILES string of the molecule is CC(C)Oc1c(C#N)c(C#N)c(OC(C)C)c2c1Nc1ccccc1S2. The van der Waals surface area contributed by atoms with E-state index in [4.69, 9.17) is 9.47 Å². The fourth-order valence-corrected chi connectivity index (χ4v) is 3.80. The summed E-state index contributed by atoms with van der Waals surface area (Å²) >= 11 is 1.51. The van der Waals surface area contributed by atoms with Gasteiger partial charge in [-0.3, -0.25) is 0 Å². The first kappa shape index (κ1) is 18.0. The quantitative estimate of drug-likeness (QED) is 0.683. The van der Waals surface area contributed by atoms with Crippen molar-refractivity contribution < 1.29 is 9.47 Å². The lowest BCUT2D eigenvalue weighted by atomic mass is 10.0. The van der Waals surface area contributed by atoms with Crippen molar-refractivity contribution in [3.63, 3.8) is 0 Å². The smallest absolute Gasteiger partial charge is 0.163 e. The normalized spacial score (nSPS) is 11.8. The molecule has 6 heteroatoms. The number of nitrogens with one attached hydrogen (secondary N) is 1. The predicted octanol–water partition coefficient (Wildman–Crippen LogP) is 5.21. The van der Waals surface area contributed by atoms with E-state index in [0.29, 0.717) is 17.2 Å². The van der Waals surface area contributed by atoms with Gasteiger partial charge in [0.15, 0.2) is 11.5 Å². The second-order valence-corrected chi connectivity index (χ2v) is 7.44. The molecule has 0 aromatic heterocycles. The molecule has 0 amide bonds. The van der Waals surface area contributed by atoms with Gasteiger partial charge in [0.2, 0.25) is 0 Å². The Bertz CT molecular complexity index is 864. The van der Waals surface area contributed by atoms with Gasteiger partial charge < -0.3 is 14.8 Å². The lowest BCUT2D eigenvalue weighted by Crippen LogP contribution is -2.15. The van der Waals surface area contributed by atoms with E-state index in [0.717, 1.165) is 15.5 Å². The number of rotatable bonds is 4. The van der Waals surface area contributed by atoms with Crippen LogP contribution >= 0.6 is 11.8 Å². The van der Waals surface area contributed by atoms with Gasteiger partial charge in [0.1, 0.15) is 29.0 Å². The molecule has 1 aliphatic heterocycles. The summed E-state index contributed by atoms with van der Waals surface area (Å²) in [7, 11) is 0. The first-order valence-electron chi connectivity index (χ1n) is 8.37. The highest BCUT2D eigenvalue weighted by Gasteiger charge is 2.31. The molecule has 0 atom stereocenters. The van der Waals surface area contributed by atoms with Crippen LogP contribution in [-0.4, -0.2) is 12.2 Å². The van der Waals surface area contributed by atoms with E-state index in [1.807, 2.05) is 52.0 Å². The Morgan fingerprint density at radius 3 is 2.12 bits per heavy atom. The van der Waals surface area contributed by atoms with Crippen LogP contribution in [0.25, 0.3) is 0 Å². The molecule has 0 fully saturated rings. The van der Waals surface area contributed by atoms with Crippen LogP contribution < -0.4 is 14.8 Å². The van der Waals surface area contributed by atoms with Crippen LogP contribution in [0.1, 0.15) is 38.8 Å². The standard InChI is InChI=1S/C20H19N3O2S/c1-11(2)24-18-13(9-21)14(10-22)19(25-12(3)4)20-17(18)23-15-7-5-6-8-16(15)26-20/h5-8,11-12,23H,1-4H3. The molecule has 0 radical (unpaired) electrons. The number of ether oxygens (including phenoxy) is 2. The number of hydrogen-bond donors (Lipinski definition) is 1. The van der Waals surface area contributed by atoms with E-state index in [1.165, 1.54) is 11.8 Å². The van der Waals surface area contributed by atoms with Gasteiger partial charge in [-0.1, -0.05) is 23.9 Å². The molecule has 1 aliphatic rings. The monoisotopic (exact) mass is 365 g/mol. The largest absolute Gasteiger partial charge is 0.488 e. The minimum atomic E-state index is -0.140. The Hall–Kier alpha value is -2.83. The zero-order valence-electron chi connectivity index (χ0n) is 15.1. The average Bonchev–Trinajstić information content (AvgIpc) is 2.61. The van der Waals surface area contributed by atoms with Crippen LogP contribution in [0, 0.1) is 22.7 Å². The van der Waals surface area contributed by atoms with Crippen molar-refractivity contribution in [2.24, 2.45) is 0 Å². The molecule has 1 heterocycles. The van der Waals surface area contributed by atoms with Gasteiger partial charge in [-0.2, -0.15) is 10.5 Å². The van der Waals surface area contributed by atoms with Crippen molar-refractivity contribution in [3.8, 4) is 23.6 Å². The lowest BCUT2D eigenvalue weighted by Gasteiger charge is -2.28. The van der Waals surface area contributed by atoms with E-state index in [2.05, 4.69) is 17.5 Å². The van der Waals surface area contributed by atoms with Crippen molar-refractivity contribution in [3.05, 3.63) is 35.4 Å². The van der Waals surface area contributed by atoms with Crippen LogP contribution in [0.5, 0.6) is 11.5 Å². The molecule has 2 aromatic carbocycles. The van der Waals surface area contributed by atoms with Crippen LogP contribution in [0.2, 0.25) is 0 Å². The van der Waals surface area contributed by atoms with Gasteiger partial charge >= 0.3 is 0 Å². The van der Waals surface area contributed by atoms with Crippen molar-refractivity contribution in [1.29, 1.82) is 10.5 Å². The van der Waals surface area contributed by atoms with Gasteiger partial charge in [0.05, 0.1) is 22.8 Å². The Labute approximate surface area is 157 Å². The second kappa shape index (κ2) is 7.19. The molecule has 26 heavy (non-hydrogen) atoms. The first-order valence-corrected chi connectivity index (χ1v) is 9.19. The molecule has 0 unspecified atom stereocenters. The third-order valence-corrected chi connectivity index (χ3v) is 4.82. The average molecular weight is 365 g/mol. The lowest BCUT2D eigenvalue weighted by molar-refractivity contribution is 0.229. The minimum Gasteiger partial charge on any atom is -0.488 e. The van der Waals surface area contributed by atoms with Crippen molar-refractivity contribution in [2.75, 3.05) is 5.32 Å². The van der Waals surface area contributed by atoms with Gasteiger partial charge in [-0.15, -0.1) is 0 Å². The van der Waals surface area contributed by atoms with Crippen molar-refractivity contribution >= 4 is 23.1 Å². The molecule has 0 aliphatic carbocycles. The summed E-state index contributed by atoms with van der Waals surface area (Å²) in [6.07, 6.45) is -0.272. The highest BCUT2D eigenvalue weighted by molar-refractivity contribution is 7.99. The third-order valence-electron chi connectivity index (χ3n) is 3.65. The predicted molar refractivity (Wildman–Crippen MR) is 101 cm³/mol. The van der Waals surface area contributed by atoms with Crippen LogP contribution in [0.3, 0.4) is 0 Å². The van der Waals surface area contributed by atoms with Gasteiger partial charge in [-0.05, 0) is 39.8 Å². The zero-order valence-corrected chi connectivity index (χ0v) is 15.9. The van der Waals surface area contributed by atoms with E-state index in [1.54, 1.807) is 0 Å². The summed E-state index contributed by atoms with van der Waals surface area (Å²) in [6, 6.07) is 12.1. The summed E-state index contributed by atoms with van der Waals surface area (Å²) < 4.78 is 11.9. The third kappa shape index (κ3) is 3.16. The second-order valence-electron chi connectivity index (χ2n) is 6.39. The van der Waals surface area contributed by atoms with Crippen LogP contribution in [-0.2, 0) is 0 Å². The Kier molecular flexibility index (Phi) is 4.97. The summed E-state index contributed by atoms with van der Waals surface area (Å²) in [5.74, 6) is 0.823. The Balaban J connectivity index is 2.32. The summed E-state index contributed by atoms with van der Waals surface area (Å²) in [6.45, 7) is 7.57. The highest BCUT2D eigenvalue weighted by atomic mass is 32.2. The maximum absolute atomic E-state index is 9.73. The van der Waals surface area contributed by atoms with Gasteiger partial charge in [0, 0.05) is 4.90 Å². The maximum Gasteiger partial charge on any atom is 0.163 e. The number of nitriles is 2. The number of para-hydroxylation sites is 1. The molecular formula is C20H19N3O2S. The maximum atomic E-state index is 9.73. The van der Waals surface area contributed by atoms with Crippen LogP contribution in [0.4, 0.5) is 11.4 Å². The van der Waals surface area contributed by atoms with Crippen molar-refractivity contribution in [1.82, 2.24) is 0 Å². The van der Waals surface area contributed by atoms with E-state index < -0.39 is 0 Å². The Morgan fingerprint density at radius 1 is 0.923 bits per heavy atom. The summed E-state index contributed by atoms with van der Waals surface area (Å²) in [5, 5.41) is 22.8. The fourth-order valence-electron chi connectivity index (χ4n) is 2.71. The molecule has 0 spiro atoms. The number of benzene rings is 2. The highest BCUT2D eigenvalue weighted by Crippen LogP contribution is 2.55. The van der Waals surface area contributed by atoms with E-state index in [-0.39, 0.29) is 23.3 Å². The zero-order chi connectivity index (χ0) is 18.8. The Morgan fingerprint density at radius 2 is 1.50 bits per heavy atom. The summed E-state index contributed by atoms with van der Waals surface area (Å²) in [4.78, 5) is 1.79.